The van der Waals surface area contributed by atoms with Crippen molar-refractivity contribution in [3.63, 3.8) is 0 Å². The molecule has 0 heterocycles. The van der Waals surface area contributed by atoms with E-state index in [9.17, 15) is 4.79 Å². The van der Waals surface area contributed by atoms with Crippen LogP contribution in [0.2, 0.25) is 0 Å². The fraction of sp³-hybridized carbons (Fsp3) is 0.900. The third-order valence-corrected chi connectivity index (χ3v) is 2.77. The zero-order chi connectivity index (χ0) is 8.97. The minimum Gasteiger partial charge on any atom is -0.466 e. The molecule has 1 rings (SSSR count). The topological polar surface area (TPSA) is 26.3 Å². The molecule has 2 nitrogen and oxygen atoms in total. The van der Waals surface area contributed by atoms with Gasteiger partial charge in [0, 0.05) is 0 Å². The third-order valence-electron chi connectivity index (χ3n) is 2.77. The molecule has 2 atom stereocenters. The summed E-state index contributed by atoms with van der Waals surface area (Å²) in [6.45, 7) is 4.54. The summed E-state index contributed by atoms with van der Waals surface area (Å²) in [5, 5.41) is 0. The molecule has 0 spiro atoms. The maximum Gasteiger partial charge on any atom is 0.309 e. The number of hydrogen-bond donors (Lipinski definition) is 0. The molecule has 2 heteroatoms. The highest BCUT2D eigenvalue weighted by molar-refractivity contribution is 5.73. The highest BCUT2D eigenvalue weighted by Gasteiger charge is 2.32. The van der Waals surface area contributed by atoms with Crippen LogP contribution in [0.25, 0.3) is 0 Å². The van der Waals surface area contributed by atoms with Crippen LogP contribution in [-0.2, 0) is 9.53 Å². The molecular weight excluding hydrogens is 152 g/mol. The quantitative estimate of drug-likeness (QED) is 0.608. The molecule has 0 aromatic heterocycles. The fourth-order valence-corrected chi connectivity index (χ4v) is 2.09. The predicted molar refractivity (Wildman–Crippen MR) is 47.8 cm³/mol. The van der Waals surface area contributed by atoms with Crippen molar-refractivity contribution in [2.24, 2.45) is 11.8 Å². The average Bonchev–Trinajstić information content (AvgIpc) is 2.51. The smallest absolute Gasteiger partial charge is 0.309 e. The summed E-state index contributed by atoms with van der Waals surface area (Å²) < 4.78 is 5.02. The first-order valence-corrected chi connectivity index (χ1v) is 4.96. The summed E-state index contributed by atoms with van der Waals surface area (Å²) in [5.41, 5.74) is 0. The van der Waals surface area contributed by atoms with E-state index in [0.717, 1.165) is 12.8 Å². The van der Waals surface area contributed by atoms with E-state index in [1.54, 1.807) is 0 Å². The van der Waals surface area contributed by atoms with Gasteiger partial charge in [-0.15, -0.1) is 0 Å². The Kier molecular flexibility index (Phi) is 3.57. The largest absolute Gasteiger partial charge is 0.466 e. The van der Waals surface area contributed by atoms with E-state index in [1.165, 1.54) is 12.8 Å². The summed E-state index contributed by atoms with van der Waals surface area (Å²) in [7, 11) is 0. The van der Waals surface area contributed by atoms with Gasteiger partial charge >= 0.3 is 5.97 Å². The highest BCUT2D eigenvalue weighted by atomic mass is 16.5. The molecule has 1 fully saturated rings. The highest BCUT2D eigenvalue weighted by Crippen LogP contribution is 2.34. The normalized spacial score (nSPS) is 28.8. The Balaban J connectivity index is 2.43. The number of ether oxygens (including phenoxy) is 1. The van der Waals surface area contributed by atoms with Crippen molar-refractivity contribution in [2.45, 2.75) is 39.5 Å². The second-order valence-electron chi connectivity index (χ2n) is 3.46. The Bertz CT molecular complexity index is 154. The molecule has 1 saturated carbocycles. The van der Waals surface area contributed by atoms with Gasteiger partial charge in [-0.3, -0.25) is 4.79 Å². The molecule has 0 saturated heterocycles. The zero-order valence-electron chi connectivity index (χ0n) is 8.01. The minimum atomic E-state index is 0.0295. The number of rotatable bonds is 3. The number of hydrogen-bond acceptors (Lipinski definition) is 2. The summed E-state index contributed by atoms with van der Waals surface area (Å²) in [4.78, 5) is 11.4. The van der Waals surface area contributed by atoms with Gasteiger partial charge in [0.05, 0.1) is 12.5 Å². The van der Waals surface area contributed by atoms with Crippen LogP contribution in [0, 0.1) is 11.8 Å². The van der Waals surface area contributed by atoms with Crippen molar-refractivity contribution in [3.8, 4) is 0 Å². The average molecular weight is 170 g/mol. The van der Waals surface area contributed by atoms with Crippen LogP contribution in [0.15, 0.2) is 0 Å². The van der Waals surface area contributed by atoms with Gasteiger partial charge in [-0.1, -0.05) is 19.8 Å². The lowest BCUT2D eigenvalue weighted by atomic mass is 9.94. The molecule has 0 amide bonds. The Morgan fingerprint density at radius 3 is 2.75 bits per heavy atom. The first-order valence-electron chi connectivity index (χ1n) is 4.96. The SMILES string of the molecule is CCOC(=O)[C@@H]1CCC[C@@H]1CC. The first kappa shape index (κ1) is 9.56. The monoisotopic (exact) mass is 170 g/mol. The Hall–Kier alpha value is -0.530. The van der Waals surface area contributed by atoms with Gasteiger partial charge in [-0.25, -0.2) is 0 Å². The zero-order valence-corrected chi connectivity index (χ0v) is 8.01. The molecule has 0 aliphatic heterocycles. The molecule has 0 bridgehead atoms. The molecule has 0 aromatic rings. The van der Waals surface area contributed by atoms with E-state index < -0.39 is 0 Å². The fourth-order valence-electron chi connectivity index (χ4n) is 2.09. The maximum absolute atomic E-state index is 11.4. The van der Waals surface area contributed by atoms with E-state index in [1.807, 2.05) is 6.92 Å². The van der Waals surface area contributed by atoms with Gasteiger partial charge in [0.1, 0.15) is 0 Å². The second-order valence-corrected chi connectivity index (χ2v) is 3.46. The van der Waals surface area contributed by atoms with Crippen LogP contribution in [0.3, 0.4) is 0 Å². The van der Waals surface area contributed by atoms with Crippen molar-refractivity contribution >= 4 is 5.97 Å². The molecule has 1 aliphatic rings. The summed E-state index contributed by atoms with van der Waals surface area (Å²) >= 11 is 0. The lowest BCUT2D eigenvalue weighted by molar-refractivity contribution is -0.149. The van der Waals surface area contributed by atoms with Gasteiger partial charge in [0.15, 0.2) is 0 Å². The summed E-state index contributed by atoms with van der Waals surface area (Å²) in [5.74, 6) is 0.820. The van der Waals surface area contributed by atoms with Crippen LogP contribution in [0.1, 0.15) is 39.5 Å². The van der Waals surface area contributed by atoms with Gasteiger partial charge in [-0.2, -0.15) is 0 Å². The van der Waals surface area contributed by atoms with E-state index in [0.29, 0.717) is 12.5 Å². The molecular formula is C10H18O2. The first-order chi connectivity index (χ1) is 5.79. The van der Waals surface area contributed by atoms with E-state index in [-0.39, 0.29) is 11.9 Å². The lowest BCUT2D eigenvalue weighted by Gasteiger charge is -2.15. The molecule has 70 valence electrons. The minimum absolute atomic E-state index is 0.0295. The van der Waals surface area contributed by atoms with Gasteiger partial charge in [0.2, 0.25) is 0 Å². The summed E-state index contributed by atoms with van der Waals surface area (Å²) in [6.07, 6.45) is 4.56. The van der Waals surface area contributed by atoms with Gasteiger partial charge in [0.25, 0.3) is 0 Å². The Morgan fingerprint density at radius 2 is 2.17 bits per heavy atom. The number of carbonyl (C=O) groups is 1. The summed E-state index contributed by atoms with van der Waals surface area (Å²) in [6, 6.07) is 0. The molecule has 0 unspecified atom stereocenters. The molecule has 1 aliphatic carbocycles. The standard InChI is InChI=1S/C10H18O2/c1-3-8-6-5-7-9(8)10(11)12-4-2/h8-9H,3-7H2,1-2H3/t8-,9+/m0/s1. The van der Waals surface area contributed by atoms with Crippen LogP contribution in [-0.4, -0.2) is 12.6 Å². The molecule has 0 N–H and O–H groups in total. The third kappa shape index (κ3) is 1.99. The molecule has 0 radical (unpaired) electrons. The lowest BCUT2D eigenvalue weighted by Crippen LogP contribution is -2.20. The van der Waals surface area contributed by atoms with Crippen molar-refractivity contribution in [3.05, 3.63) is 0 Å². The van der Waals surface area contributed by atoms with Crippen LogP contribution < -0.4 is 0 Å². The van der Waals surface area contributed by atoms with Gasteiger partial charge in [-0.05, 0) is 25.7 Å². The Labute approximate surface area is 74.3 Å². The van der Waals surface area contributed by atoms with E-state index in [4.69, 9.17) is 4.74 Å². The van der Waals surface area contributed by atoms with Crippen LogP contribution in [0.4, 0.5) is 0 Å². The Morgan fingerprint density at radius 1 is 1.42 bits per heavy atom. The second kappa shape index (κ2) is 4.48. The number of esters is 1. The maximum atomic E-state index is 11.4. The molecule has 0 aromatic carbocycles. The van der Waals surface area contributed by atoms with Crippen LogP contribution in [0.5, 0.6) is 0 Å². The van der Waals surface area contributed by atoms with Crippen molar-refractivity contribution in [2.75, 3.05) is 6.61 Å². The number of carbonyl (C=O) groups excluding carboxylic acids is 1. The van der Waals surface area contributed by atoms with E-state index in [2.05, 4.69) is 6.92 Å². The van der Waals surface area contributed by atoms with Crippen molar-refractivity contribution < 1.29 is 9.53 Å². The van der Waals surface area contributed by atoms with Crippen LogP contribution >= 0.6 is 0 Å². The van der Waals surface area contributed by atoms with E-state index >= 15 is 0 Å². The predicted octanol–water partition coefficient (Wildman–Crippen LogP) is 2.38. The molecule has 12 heavy (non-hydrogen) atoms. The van der Waals surface area contributed by atoms with Gasteiger partial charge < -0.3 is 4.74 Å². The van der Waals surface area contributed by atoms with Crippen molar-refractivity contribution in [1.82, 2.24) is 0 Å². The van der Waals surface area contributed by atoms with Crippen molar-refractivity contribution in [1.29, 1.82) is 0 Å².